The van der Waals surface area contributed by atoms with Crippen LogP contribution in [0.3, 0.4) is 0 Å². The number of hydrogen-bond acceptors (Lipinski definition) is 4. The minimum atomic E-state index is -0.886. The first-order valence-corrected chi connectivity index (χ1v) is 12.3. The Morgan fingerprint density at radius 2 is 2.00 bits per heavy atom. The topological polar surface area (TPSA) is 57.6 Å². The molecule has 2 aliphatic rings. The van der Waals surface area contributed by atoms with Gasteiger partial charge in [0.2, 0.25) is 5.91 Å². The van der Waals surface area contributed by atoms with Gasteiger partial charge in [-0.1, -0.05) is 33.1 Å². The Morgan fingerprint density at radius 3 is 2.70 bits per heavy atom. The zero-order valence-electron chi connectivity index (χ0n) is 18.4. The zero-order chi connectivity index (χ0) is 21.3. The van der Waals surface area contributed by atoms with Gasteiger partial charge in [0.05, 0.1) is 16.8 Å². The van der Waals surface area contributed by atoms with E-state index in [2.05, 4.69) is 40.1 Å². The average molecular weight is 431 g/mol. The molecule has 3 heterocycles. The van der Waals surface area contributed by atoms with Crippen LogP contribution in [0.5, 0.6) is 0 Å². The fourth-order valence-corrected chi connectivity index (χ4v) is 5.81. The molecule has 7 heteroatoms. The summed E-state index contributed by atoms with van der Waals surface area (Å²) in [6.45, 7) is 9.95. The monoisotopic (exact) mass is 430 g/mol. The van der Waals surface area contributed by atoms with Gasteiger partial charge in [-0.05, 0) is 50.4 Å². The number of nitrogens with one attached hydrogen (secondary N) is 1. The molecule has 1 saturated carbocycles. The summed E-state index contributed by atoms with van der Waals surface area (Å²) in [6, 6.07) is 4.28. The van der Waals surface area contributed by atoms with Gasteiger partial charge in [0.15, 0.2) is 0 Å². The predicted octanol–water partition coefficient (Wildman–Crippen LogP) is 3.71. The lowest BCUT2D eigenvalue weighted by atomic mass is 9.91. The van der Waals surface area contributed by atoms with Crippen molar-refractivity contribution in [2.75, 3.05) is 26.2 Å². The van der Waals surface area contributed by atoms with Gasteiger partial charge in [-0.15, -0.1) is 11.3 Å². The number of carbonyl (C=O) groups is 2. The molecule has 0 bridgehead atoms. The molecule has 2 amide bonds. The van der Waals surface area contributed by atoms with Crippen molar-refractivity contribution in [1.29, 1.82) is 0 Å². The van der Waals surface area contributed by atoms with Gasteiger partial charge in [-0.2, -0.15) is 0 Å². The molecule has 2 aromatic rings. The summed E-state index contributed by atoms with van der Waals surface area (Å²) in [4.78, 5) is 31.3. The average Bonchev–Trinajstić information content (AvgIpc) is 3.34. The molecule has 1 aliphatic carbocycles. The number of thiophene rings is 1. The molecule has 1 fully saturated rings. The summed E-state index contributed by atoms with van der Waals surface area (Å²) in [5.41, 5.74) is 0.880. The van der Waals surface area contributed by atoms with Crippen LogP contribution >= 0.6 is 11.3 Å². The van der Waals surface area contributed by atoms with E-state index in [4.69, 9.17) is 0 Å². The van der Waals surface area contributed by atoms with Crippen LogP contribution in [0.1, 0.15) is 63.4 Å². The van der Waals surface area contributed by atoms with Gasteiger partial charge < -0.3 is 19.7 Å². The first-order chi connectivity index (χ1) is 14.5. The summed E-state index contributed by atoms with van der Waals surface area (Å²) >= 11 is 1.65. The summed E-state index contributed by atoms with van der Waals surface area (Å²) in [6.07, 6.45) is 5.67. The van der Waals surface area contributed by atoms with Gasteiger partial charge in [0.25, 0.3) is 5.91 Å². The summed E-state index contributed by atoms with van der Waals surface area (Å²) in [5.74, 6) is -0.0388. The molecule has 1 atom stereocenters. The molecule has 2 aromatic heterocycles. The van der Waals surface area contributed by atoms with Crippen molar-refractivity contribution in [3.8, 4) is 0 Å². The molecule has 1 aliphatic heterocycles. The van der Waals surface area contributed by atoms with Crippen molar-refractivity contribution in [3.63, 3.8) is 0 Å². The van der Waals surface area contributed by atoms with E-state index in [-0.39, 0.29) is 17.9 Å². The van der Waals surface area contributed by atoms with E-state index < -0.39 is 5.54 Å². The Labute approximate surface area is 183 Å². The Hall–Kier alpha value is -1.86. The summed E-state index contributed by atoms with van der Waals surface area (Å²) in [5, 5.41) is 5.35. The first-order valence-electron chi connectivity index (χ1n) is 11.4. The van der Waals surface area contributed by atoms with Crippen LogP contribution in [0, 0.1) is 0 Å². The van der Waals surface area contributed by atoms with E-state index in [9.17, 15) is 9.59 Å². The van der Waals surface area contributed by atoms with Gasteiger partial charge in [-0.3, -0.25) is 9.59 Å². The smallest absolute Gasteiger partial charge is 0.271 e. The largest absolute Gasteiger partial charge is 0.351 e. The predicted molar refractivity (Wildman–Crippen MR) is 122 cm³/mol. The highest BCUT2D eigenvalue weighted by Crippen LogP contribution is 2.34. The van der Waals surface area contributed by atoms with E-state index in [1.807, 2.05) is 17.9 Å². The third-order valence-electron chi connectivity index (χ3n) is 7.01. The maximum Gasteiger partial charge on any atom is 0.271 e. The maximum absolute atomic E-state index is 13.6. The van der Waals surface area contributed by atoms with Crippen molar-refractivity contribution in [3.05, 3.63) is 23.2 Å². The zero-order valence-corrected chi connectivity index (χ0v) is 19.3. The second kappa shape index (κ2) is 8.71. The van der Waals surface area contributed by atoms with E-state index in [0.29, 0.717) is 18.8 Å². The van der Waals surface area contributed by atoms with Crippen LogP contribution in [-0.4, -0.2) is 63.9 Å². The number of aromatic nitrogens is 1. The van der Waals surface area contributed by atoms with E-state index in [0.717, 1.165) is 42.7 Å². The number of amides is 2. The summed E-state index contributed by atoms with van der Waals surface area (Å²) in [7, 11) is 0. The molecule has 0 spiro atoms. The molecule has 0 radical (unpaired) electrons. The van der Waals surface area contributed by atoms with Crippen molar-refractivity contribution < 1.29 is 9.59 Å². The van der Waals surface area contributed by atoms with Crippen LogP contribution in [0.4, 0.5) is 0 Å². The molecular formula is C23H34N4O2S. The molecule has 164 valence electrons. The minimum absolute atomic E-state index is 0.00923. The van der Waals surface area contributed by atoms with Gasteiger partial charge >= 0.3 is 0 Å². The highest BCUT2D eigenvalue weighted by molar-refractivity contribution is 7.17. The van der Waals surface area contributed by atoms with Crippen LogP contribution in [0.25, 0.3) is 10.2 Å². The normalized spacial score (nSPS) is 22.7. The lowest BCUT2D eigenvalue weighted by molar-refractivity contribution is -0.133. The van der Waals surface area contributed by atoms with E-state index in [1.165, 1.54) is 19.3 Å². The number of carbonyl (C=O) groups excluding carboxylic acids is 2. The summed E-state index contributed by atoms with van der Waals surface area (Å²) < 4.78 is 3.17. The van der Waals surface area contributed by atoms with Gasteiger partial charge in [0.1, 0.15) is 11.2 Å². The third kappa shape index (κ3) is 3.78. The van der Waals surface area contributed by atoms with Crippen LogP contribution in [0.2, 0.25) is 0 Å². The minimum Gasteiger partial charge on any atom is -0.351 e. The second-order valence-electron chi connectivity index (χ2n) is 8.85. The van der Waals surface area contributed by atoms with Crippen LogP contribution in [-0.2, 0) is 11.3 Å². The Morgan fingerprint density at radius 1 is 1.27 bits per heavy atom. The Bertz CT molecular complexity index is 910. The van der Waals surface area contributed by atoms with E-state index >= 15 is 0 Å². The molecule has 0 aromatic carbocycles. The van der Waals surface area contributed by atoms with Crippen LogP contribution in [0.15, 0.2) is 17.5 Å². The molecule has 1 unspecified atom stereocenters. The molecule has 30 heavy (non-hydrogen) atoms. The fraction of sp³-hybridized carbons (Fsp3) is 0.652. The highest BCUT2D eigenvalue weighted by atomic mass is 32.1. The van der Waals surface area contributed by atoms with Crippen molar-refractivity contribution >= 4 is 33.4 Å². The lowest BCUT2D eigenvalue weighted by Gasteiger charge is -2.45. The number of likely N-dealkylation sites (N-methyl/N-ethyl adjacent to an activating group) is 1. The lowest BCUT2D eigenvalue weighted by Crippen LogP contribution is -2.65. The van der Waals surface area contributed by atoms with Crippen molar-refractivity contribution in [2.24, 2.45) is 0 Å². The molecular weight excluding hydrogens is 396 g/mol. The maximum atomic E-state index is 13.6. The van der Waals surface area contributed by atoms with Crippen LogP contribution < -0.4 is 5.32 Å². The van der Waals surface area contributed by atoms with Gasteiger partial charge in [-0.25, -0.2) is 0 Å². The first kappa shape index (κ1) is 21.4. The molecule has 0 saturated heterocycles. The second-order valence-corrected chi connectivity index (χ2v) is 9.80. The van der Waals surface area contributed by atoms with Crippen molar-refractivity contribution in [2.45, 2.75) is 71.0 Å². The van der Waals surface area contributed by atoms with Crippen molar-refractivity contribution in [1.82, 2.24) is 19.7 Å². The fourth-order valence-electron chi connectivity index (χ4n) is 4.99. The highest BCUT2D eigenvalue weighted by Gasteiger charge is 2.48. The SMILES string of the molecule is CCN(CC)CCN1C(=O)c2cc3sccc3n2CC1(C)C(=O)NC1CCCCC1. The van der Waals surface area contributed by atoms with E-state index in [1.54, 1.807) is 11.3 Å². The van der Waals surface area contributed by atoms with Gasteiger partial charge in [0, 0.05) is 19.1 Å². The third-order valence-corrected chi connectivity index (χ3v) is 7.87. The number of hydrogen-bond donors (Lipinski definition) is 1. The Kier molecular flexibility index (Phi) is 6.21. The number of rotatable bonds is 7. The molecule has 6 nitrogen and oxygen atoms in total. The quantitative estimate of drug-likeness (QED) is 0.729. The standard InChI is InChI=1S/C23H34N4O2S/c1-4-25(5-2)12-13-27-21(28)19-15-20-18(11-14-30-20)26(19)16-23(27,3)22(29)24-17-9-7-6-8-10-17/h11,14-15,17H,4-10,12-13,16H2,1-3H3,(H,24,29). The number of nitrogens with zero attached hydrogens (tertiary/aromatic N) is 3. The molecule has 4 rings (SSSR count). The number of fused-ring (bicyclic) bond motifs is 3. The molecule has 1 N–H and O–H groups in total. The Balaban J connectivity index is 1.65.